The molecule has 0 atom stereocenters. The highest BCUT2D eigenvalue weighted by atomic mass is 16.2. The Morgan fingerprint density at radius 2 is 1.89 bits per heavy atom. The number of benzene rings is 2. The van der Waals surface area contributed by atoms with Gasteiger partial charge < -0.3 is 14.8 Å². The van der Waals surface area contributed by atoms with Crippen LogP contribution >= 0.6 is 0 Å². The predicted octanol–water partition coefficient (Wildman–Crippen LogP) is 4.53. The van der Waals surface area contributed by atoms with Crippen molar-refractivity contribution in [1.82, 2.24) is 9.88 Å². The van der Waals surface area contributed by atoms with E-state index >= 15 is 0 Å². The average Bonchev–Trinajstić information content (AvgIpc) is 3.65. The maximum Gasteiger partial charge on any atom is 0.225 e. The molecule has 0 radical (unpaired) electrons. The SMILES string of the molecule is CCc1cc2c(cc1N1CCN(C(=O)C3CC3)CC1)C(C)(C)c1[nH]c3cc(C#N)ccc3c1C2=O. The molecule has 6 heteroatoms. The predicted molar refractivity (Wildman–Crippen MR) is 136 cm³/mol. The summed E-state index contributed by atoms with van der Waals surface area (Å²) in [6.45, 7) is 9.60. The van der Waals surface area contributed by atoms with Crippen molar-refractivity contribution in [2.45, 2.75) is 45.4 Å². The van der Waals surface area contributed by atoms with Crippen LogP contribution in [0.25, 0.3) is 10.9 Å². The van der Waals surface area contributed by atoms with Gasteiger partial charge in [-0.15, -0.1) is 0 Å². The third kappa shape index (κ3) is 3.29. The molecule has 0 bridgehead atoms. The number of nitrogens with one attached hydrogen (secondary N) is 1. The number of H-pyrrole nitrogens is 1. The molecule has 1 amide bonds. The van der Waals surface area contributed by atoms with Crippen molar-refractivity contribution in [2.24, 2.45) is 5.92 Å². The highest BCUT2D eigenvalue weighted by Gasteiger charge is 2.41. The number of rotatable bonds is 3. The topological polar surface area (TPSA) is 80.2 Å². The highest BCUT2D eigenvalue weighted by molar-refractivity contribution is 6.20. The zero-order valence-corrected chi connectivity index (χ0v) is 20.6. The molecule has 2 aliphatic carbocycles. The molecule has 0 spiro atoms. The summed E-state index contributed by atoms with van der Waals surface area (Å²) >= 11 is 0. The zero-order valence-electron chi connectivity index (χ0n) is 20.6. The smallest absolute Gasteiger partial charge is 0.225 e. The van der Waals surface area contributed by atoms with Crippen LogP contribution in [-0.4, -0.2) is 47.8 Å². The number of nitrogens with zero attached hydrogens (tertiary/aromatic N) is 3. The van der Waals surface area contributed by atoms with Crippen LogP contribution in [0.2, 0.25) is 0 Å². The van der Waals surface area contributed by atoms with Crippen molar-refractivity contribution in [3.05, 3.63) is 63.8 Å². The van der Waals surface area contributed by atoms with E-state index in [-0.39, 0.29) is 11.7 Å². The second kappa shape index (κ2) is 7.71. The van der Waals surface area contributed by atoms with E-state index in [1.807, 2.05) is 17.0 Å². The van der Waals surface area contributed by atoms with Crippen LogP contribution in [0, 0.1) is 17.2 Å². The van der Waals surface area contributed by atoms with Crippen molar-refractivity contribution < 1.29 is 9.59 Å². The third-order valence-electron chi connectivity index (χ3n) is 8.16. The van der Waals surface area contributed by atoms with E-state index in [1.165, 1.54) is 11.3 Å². The number of carbonyl (C=O) groups is 2. The van der Waals surface area contributed by atoms with E-state index < -0.39 is 5.41 Å². The number of hydrogen-bond donors (Lipinski definition) is 1. The zero-order chi connectivity index (χ0) is 24.5. The quantitative estimate of drug-likeness (QED) is 0.615. The molecule has 2 heterocycles. The van der Waals surface area contributed by atoms with Gasteiger partial charge in [0.1, 0.15) is 0 Å². The summed E-state index contributed by atoms with van der Waals surface area (Å²) in [6.07, 6.45) is 2.92. The summed E-state index contributed by atoms with van der Waals surface area (Å²) in [5.74, 6) is 0.632. The van der Waals surface area contributed by atoms with Gasteiger partial charge in [0.25, 0.3) is 0 Å². The summed E-state index contributed by atoms with van der Waals surface area (Å²) in [5, 5.41) is 10.2. The van der Waals surface area contributed by atoms with Crippen LogP contribution in [0.5, 0.6) is 0 Å². The minimum absolute atomic E-state index is 0.0476. The lowest BCUT2D eigenvalue weighted by atomic mass is 9.70. The molecule has 6 rings (SSSR count). The molecule has 1 aliphatic heterocycles. The van der Waals surface area contributed by atoms with E-state index in [4.69, 9.17) is 0 Å². The van der Waals surface area contributed by atoms with Gasteiger partial charge in [0, 0.05) is 65.4 Å². The molecule has 3 aromatic rings. The van der Waals surface area contributed by atoms with Gasteiger partial charge in [-0.1, -0.05) is 26.8 Å². The van der Waals surface area contributed by atoms with Crippen LogP contribution in [-0.2, 0) is 16.6 Å². The Balaban J connectivity index is 1.40. The Morgan fingerprint density at radius 1 is 1.14 bits per heavy atom. The van der Waals surface area contributed by atoms with Crippen LogP contribution in [0.15, 0.2) is 30.3 Å². The second-order valence-electron chi connectivity index (χ2n) is 10.7. The first-order valence-corrected chi connectivity index (χ1v) is 12.7. The van der Waals surface area contributed by atoms with Gasteiger partial charge in [0.15, 0.2) is 5.78 Å². The minimum Gasteiger partial charge on any atom is -0.368 e. The molecule has 1 saturated carbocycles. The number of amides is 1. The standard InChI is InChI=1S/C29H30N4O2/c1-4-18-14-21-22(15-24(18)32-9-11-33(12-10-32)28(35)19-6-7-19)29(2,3)27-25(26(21)34)20-8-5-17(16-30)13-23(20)31-27/h5,8,13-15,19,31H,4,6-7,9-12H2,1-3H3. The molecule has 0 unspecified atom stereocenters. The van der Waals surface area contributed by atoms with Gasteiger partial charge in [-0.2, -0.15) is 5.26 Å². The van der Waals surface area contributed by atoms with Crippen molar-refractivity contribution in [2.75, 3.05) is 31.1 Å². The molecule has 2 fully saturated rings. The van der Waals surface area contributed by atoms with Crippen molar-refractivity contribution >= 4 is 28.3 Å². The molecular weight excluding hydrogens is 436 g/mol. The number of piperazine rings is 1. The minimum atomic E-state index is -0.394. The largest absolute Gasteiger partial charge is 0.368 e. The van der Waals surface area contributed by atoms with Gasteiger partial charge in [-0.05, 0) is 54.7 Å². The number of aromatic nitrogens is 1. The molecular formula is C29H30N4O2. The fourth-order valence-corrected chi connectivity index (χ4v) is 5.91. The lowest BCUT2D eigenvalue weighted by Crippen LogP contribution is -2.49. The van der Waals surface area contributed by atoms with Gasteiger partial charge in [0.2, 0.25) is 5.91 Å². The Hall–Kier alpha value is -3.59. The molecule has 2 aromatic carbocycles. The fraction of sp³-hybridized carbons (Fsp3) is 0.414. The first kappa shape index (κ1) is 21.9. The molecule has 1 aromatic heterocycles. The number of aryl methyl sites for hydroxylation is 1. The Labute approximate surface area is 205 Å². The average molecular weight is 467 g/mol. The first-order chi connectivity index (χ1) is 16.8. The van der Waals surface area contributed by atoms with Crippen LogP contribution in [0.3, 0.4) is 0 Å². The third-order valence-corrected chi connectivity index (χ3v) is 8.16. The van der Waals surface area contributed by atoms with E-state index in [2.05, 4.69) is 48.9 Å². The van der Waals surface area contributed by atoms with E-state index in [9.17, 15) is 14.9 Å². The van der Waals surface area contributed by atoms with Gasteiger partial charge in [-0.3, -0.25) is 9.59 Å². The van der Waals surface area contributed by atoms with E-state index in [0.29, 0.717) is 11.5 Å². The summed E-state index contributed by atoms with van der Waals surface area (Å²) in [6, 6.07) is 12.0. The summed E-state index contributed by atoms with van der Waals surface area (Å²) < 4.78 is 0. The Bertz CT molecular complexity index is 1430. The number of hydrogen-bond acceptors (Lipinski definition) is 4. The highest BCUT2D eigenvalue weighted by Crippen LogP contribution is 2.46. The second-order valence-corrected chi connectivity index (χ2v) is 10.7. The summed E-state index contributed by atoms with van der Waals surface area (Å²) in [5.41, 5.74) is 6.81. The first-order valence-electron chi connectivity index (χ1n) is 12.7. The molecule has 1 saturated heterocycles. The number of aromatic amines is 1. The van der Waals surface area contributed by atoms with Crippen molar-refractivity contribution in [1.29, 1.82) is 5.26 Å². The van der Waals surface area contributed by atoms with E-state index in [1.54, 1.807) is 6.07 Å². The molecule has 1 N–H and O–H groups in total. The van der Waals surface area contributed by atoms with Crippen LogP contribution in [0.4, 0.5) is 5.69 Å². The fourth-order valence-electron chi connectivity index (χ4n) is 5.91. The van der Waals surface area contributed by atoms with E-state index in [0.717, 1.165) is 78.7 Å². The van der Waals surface area contributed by atoms with Crippen LogP contribution in [0.1, 0.15) is 71.9 Å². The molecule has 178 valence electrons. The summed E-state index contributed by atoms with van der Waals surface area (Å²) in [7, 11) is 0. The lowest BCUT2D eigenvalue weighted by Gasteiger charge is -2.39. The Morgan fingerprint density at radius 3 is 2.54 bits per heavy atom. The van der Waals surface area contributed by atoms with Crippen molar-refractivity contribution in [3.8, 4) is 6.07 Å². The van der Waals surface area contributed by atoms with Gasteiger partial charge in [0.05, 0.1) is 17.2 Å². The maximum atomic E-state index is 13.8. The molecule has 35 heavy (non-hydrogen) atoms. The number of nitriles is 1. The van der Waals surface area contributed by atoms with Gasteiger partial charge >= 0.3 is 0 Å². The monoisotopic (exact) mass is 466 g/mol. The Kier molecular flexibility index (Phi) is 4.83. The number of anilines is 1. The van der Waals surface area contributed by atoms with Crippen LogP contribution < -0.4 is 4.90 Å². The molecule has 3 aliphatic rings. The number of carbonyl (C=O) groups excluding carboxylic acids is 2. The summed E-state index contributed by atoms with van der Waals surface area (Å²) in [4.78, 5) is 34.2. The normalized spacial score (nSPS) is 18.9. The lowest BCUT2D eigenvalue weighted by molar-refractivity contribution is -0.132. The van der Waals surface area contributed by atoms with Crippen molar-refractivity contribution in [3.63, 3.8) is 0 Å². The number of ketones is 1. The number of fused-ring (bicyclic) bond motifs is 4. The maximum absolute atomic E-state index is 13.8. The van der Waals surface area contributed by atoms with Gasteiger partial charge in [-0.25, -0.2) is 0 Å². The molecule has 6 nitrogen and oxygen atoms in total.